The predicted octanol–water partition coefficient (Wildman–Crippen LogP) is -2.31. The molecule has 12 nitrogen and oxygen atoms in total. The minimum absolute atomic E-state index is 0.168. The quantitative estimate of drug-likeness (QED) is 0.133. The number of aliphatic carboxylic acids is 2. The third-order valence-electron chi connectivity index (χ3n) is 4.40. The van der Waals surface area contributed by atoms with Crippen LogP contribution in [0.4, 0.5) is 0 Å². The highest BCUT2D eigenvalue weighted by Gasteiger charge is 2.32. The lowest BCUT2D eigenvalue weighted by Gasteiger charge is -2.27. The third-order valence-corrected chi connectivity index (χ3v) is 4.77. The molecule has 0 aromatic carbocycles. The van der Waals surface area contributed by atoms with Crippen LogP contribution in [-0.4, -0.2) is 81.5 Å². The Hall–Kier alpha value is -2.38. The number of carbonyl (C=O) groups is 5. The summed E-state index contributed by atoms with van der Waals surface area (Å²) < 4.78 is 0. The van der Waals surface area contributed by atoms with Gasteiger partial charge in [-0.05, 0) is 12.3 Å². The number of hydrogen-bond acceptors (Lipinski definition) is 8. The summed E-state index contributed by atoms with van der Waals surface area (Å²) in [5.74, 6) is -5.53. The summed E-state index contributed by atoms with van der Waals surface area (Å²) in [6.45, 7) is 2.74. The van der Waals surface area contributed by atoms with Crippen molar-refractivity contribution in [3.8, 4) is 0 Å². The van der Waals surface area contributed by atoms with E-state index in [-0.39, 0.29) is 12.2 Å². The number of carboxylic acids is 2. The molecule has 0 radical (unpaired) electrons. The Morgan fingerprint density at radius 2 is 1.53 bits per heavy atom. The Kier molecular flexibility index (Phi) is 12.7. The summed E-state index contributed by atoms with van der Waals surface area (Å²) in [5.41, 5.74) is 5.40. The van der Waals surface area contributed by atoms with Crippen molar-refractivity contribution in [2.75, 3.05) is 12.4 Å². The zero-order valence-corrected chi connectivity index (χ0v) is 17.7. The van der Waals surface area contributed by atoms with Gasteiger partial charge >= 0.3 is 11.9 Å². The molecule has 0 rings (SSSR count). The maximum Gasteiger partial charge on any atom is 0.327 e. The Morgan fingerprint density at radius 1 is 0.967 bits per heavy atom. The van der Waals surface area contributed by atoms with Crippen molar-refractivity contribution >= 4 is 42.3 Å². The lowest BCUT2D eigenvalue weighted by atomic mass is 9.97. The summed E-state index contributed by atoms with van der Waals surface area (Å²) >= 11 is 3.87. The minimum atomic E-state index is -1.33. The van der Waals surface area contributed by atoms with Gasteiger partial charge < -0.3 is 37.0 Å². The molecule has 0 saturated heterocycles. The van der Waals surface area contributed by atoms with E-state index in [4.69, 9.17) is 21.1 Å². The fourth-order valence-corrected chi connectivity index (χ4v) is 2.55. The van der Waals surface area contributed by atoms with Gasteiger partial charge in [-0.15, -0.1) is 0 Å². The molecule has 0 aliphatic carbocycles. The maximum atomic E-state index is 12.7. The van der Waals surface area contributed by atoms with Gasteiger partial charge in [-0.25, -0.2) is 4.79 Å². The zero-order chi connectivity index (χ0) is 23.4. The lowest BCUT2D eigenvalue weighted by molar-refractivity contribution is -0.142. The summed E-state index contributed by atoms with van der Waals surface area (Å²) in [5, 5.41) is 33.9. The molecule has 0 aliphatic rings. The molecule has 0 fully saturated rings. The monoisotopic (exact) mass is 450 g/mol. The number of nitrogens with two attached hydrogens (primary N) is 1. The first kappa shape index (κ1) is 27.6. The van der Waals surface area contributed by atoms with Crippen LogP contribution < -0.4 is 21.7 Å². The molecule has 3 amide bonds. The van der Waals surface area contributed by atoms with Gasteiger partial charge in [0.1, 0.15) is 24.2 Å². The van der Waals surface area contributed by atoms with Gasteiger partial charge in [0.05, 0.1) is 6.61 Å². The molecule has 8 N–H and O–H groups in total. The SMILES string of the molecule is CCC(C)C(NC(=O)C(CCC(=O)O)NC(=O)C(N)CO)C(=O)NC(CS)C(=O)O. The first-order valence-corrected chi connectivity index (χ1v) is 9.94. The molecule has 0 saturated carbocycles. The molecule has 30 heavy (non-hydrogen) atoms. The van der Waals surface area contributed by atoms with E-state index in [2.05, 4.69) is 28.6 Å². The Labute approximate surface area is 179 Å². The van der Waals surface area contributed by atoms with Crippen molar-refractivity contribution in [3.05, 3.63) is 0 Å². The van der Waals surface area contributed by atoms with Crippen molar-refractivity contribution in [1.82, 2.24) is 16.0 Å². The molecular formula is C17H30N4O8S. The summed E-state index contributed by atoms with van der Waals surface area (Å²) in [6, 6.07) is -5.05. The van der Waals surface area contributed by atoms with Crippen LogP contribution in [0, 0.1) is 5.92 Å². The molecule has 0 spiro atoms. The van der Waals surface area contributed by atoms with E-state index in [1.54, 1.807) is 13.8 Å². The lowest BCUT2D eigenvalue weighted by Crippen LogP contribution is -2.59. The van der Waals surface area contributed by atoms with Crippen molar-refractivity contribution in [3.63, 3.8) is 0 Å². The Morgan fingerprint density at radius 3 is 1.97 bits per heavy atom. The number of nitrogens with one attached hydrogen (secondary N) is 3. The average Bonchev–Trinajstić information content (AvgIpc) is 2.70. The van der Waals surface area contributed by atoms with Gasteiger partial charge in [-0.2, -0.15) is 12.6 Å². The van der Waals surface area contributed by atoms with Gasteiger partial charge in [-0.1, -0.05) is 20.3 Å². The van der Waals surface area contributed by atoms with Crippen molar-refractivity contribution in [2.45, 2.75) is 57.3 Å². The van der Waals surface area contributed by atoms with E-state index in [1.807, 2.05) is 0 Å². The van der Waals surface area contributed by atoms with Gasteiger partial charge in [0.2, 0.25) is 17.7 Å². The highest BCUT2D eigenvalue weighted by atomic mass is 32.1. The van der Waals surface area contributed by atoms with Crippen LogP contribution in [0.1, 0.15) is 33.1 Å². The van der Waals surface area contributed by atoms with Gasteiger partial charge in [0.15, 0.2) is 0 Å². The molecule has 5 atom stereocenters. The number of aliphatic hydroxyl groups excluding tert-OH is 1. The van der Waals surface area contributed by atoms with Crippen LogP contribution in [0.5, 0.6) is 0 Å². The predicted molar refractivity (Wildman–Crippen MR) is 109 cm³/mol. The summed E-state index contributed by atoms with van der Waals surface area (Å²) in [7, 11) is 0. The van der Waals surface area contributed by atoms with Crippen LogP contribution in [0.15, 0.2) is 0 Å². The van der Waals surface area contributed by atoms with Crippen LogP contribution in [0.25, 0.3) is 0 Å². The Balaban J connectivity index is 5.48. The molecule has 172 valence electrons. The molecule has 0 aromatic heterocycles. The van der Waals surface area contributed by atoms with E-state index in [1.165, 1.54) is 0 Å². The smallest absolute Gasteiger partial charge is 0.327 e. The Bertz CT molecular complexity index is 633. The zero-order valence-electron chi connectivity index (χ0n) is 16.8. The molecule has 5 unspecified atom stereocenters. The number of amides is 3. The van der Waals surface area contributed by atoms with Crippen LogP contribution in [0.3, 0.4) is 0 Å². The van der Waals surface area contributed by atoms with Crippen LogP contribution >= 0.6 is 12.6 Å². The third kappa shape index (κ3) is 9.41. The first-order valence-electron chi connectivity index (χ1n) is 9.31. The standard InChI is InChI=1S/C17H30N4O8S/c1-3-8(2)13(16(27)20-11(7-30)17(28)29)21-15(26)10(4-5-12(23)24)19-14(25)9(18)6-22/h8-11,13,22,30H,3-7,18H2,1-2H3,(H,19,25)(H,20,27)(H,21,26)(H,23,24)(H,28,29). The van der Waals surface area contributed by atoms with Crippen LogP contribution in [0.2, 0.25) is 0 Å². The fraction of sp³-hybridized carbons (Fsp3) is 0.706. The molecular weight excluding hydrogens is 420 g/mol. The number of thiol groups is 1. The number of carboxylic acid groups (broad SMARTS) is 2. The first-order chi connectivity index (χ1) is 14.0. The maximum absolute atomic E-state index is 12.7. The van der Waals surface area contributed by atoms with Crippen molar-refractivity contribution in [1.29, 1.82) is 0 Å². The topological polar surface area (TPSA) is 208 Å². The molecule has 13 heteroatoms. The molecule has 0 bridgehead atoms. The second kappa shape index (κ2) is 13.8. The second-order valence-corrected chi connectivity index (χ2v) is 7.10. The highest BCUT2D eigenvalue weighted by Crippen LogP contribution is 2.10. The largest absolute Gasteiger partial charge is 0.481 e. The van der Waals surface area contributed by atoms with E-state index in [0.717, 1.165) is 0 Å². The fourth-order valence-electron chi connectivity index (χ4n) is 2.30. The van der Waals surface area contributed by atoms with E-state index in [0.29, 0.717) is 6.42 Å². The highest BCUT2D eigenvalue weighted by molar-refractivity contribution is 7.80. The molecule has 0 heterocycles. The van der Waals surface area contributed by atoms with E-state index >= 15 is 0 Å². The van der Waals surface area contributed by atoms with Crippen molar-refractivity contribution in [2.24, 2.45) is 11.7 Å². The number of carbonyl (C=O) groups excluding carboxylic acids is 3. The van der Waals surface area contributed by atoms with Gasteiger partial charge in [0.25, 0.3) is 0 Å². The number of rotatable bonds is 14. The minimum Gasteiger partial charge on any atom is -0.481 e. The van der Waals surface area contributed by atoms with Gasteiger partial charge in [0, 0.05) is 12.2 Å². The number of hydrogen-bond donors (Lipinski definition) is 8. The van der Waals surface area contributed by atoms with Crippen molar-refractivity contribution < 1.29 is 39.3 Å². The summed E-state index contributed by atoms with van der Waals surface area (Å²) in [6.07, 6.45) is -0.277. The van der Waals surface area contributed by atoms with Crippen LogP contribution in [-0.2, 0) is 24.0 Å². The van der Waals surface area contributed by atoms with E-state index in [9.17, 15) is 24.0 Å². The average molecular weight is 451 g/mol. The van der Waals surface area contributed by atoms with Gasteiger partial charge in [-0.3, -0.25) is 19.2 Å². The second-order valence-electron chi connectivity index (χ2n) is 6.74. The van der Waals surface area contributed by atoms with E-state index < -0.39 is 72.8 Å². The summed E-state index contributed by atoms with van der Waals surface area (Å²) in [4.78, 5) is 59.2. The molecule has 0 aromatic rings. The normalized spacial score (nSPS) is 15.8. The molecule has 0 aliphatic heterocycles. The number of aliphatic hydroxyl groups is 1.